The second-order valence-corrected chi connectivity index (χ2v) is 4.63. The van der Waals surface area contributed by atoms with Gasteiger partial charge in [-0.15, -0.1) is 0 Å². The quantitative estimate of drug-likeness (QED) is 0.725. The average molecular weight is 316 g/mol. The van der Waals surface area contributed by atoms with Crippen molar-refractivity contribution in [3.63, 3.8) is 0 Å². The van der Waals surface area contributed by atoms with Crippen LogP contribution >= 0.6 is 0 Å². The van der Waals surface area contributed by atoms with E-state index in [2.05, 4.69) is 20.6 Å². The Kier molecular flexibility index (Phi) is 6.31. The molecule has 0 aliphatic carbocycles. The number of aromatic nitrogens is 2. The highest BCUT2D eigenvalue weighted by Gasteiger charge is 2.06. The maximum Gasteiger partial charge on any atom is 0.254 e. The first-order valence-corrected chi connectivity index (χ1v) is 7.32. The molecule has 2 N–H and O–H groups in total. The van der Waals surface area contributed by atoms with Gasteiger partial charge < -0.3 is 20.1 Å². The van der Waals surface area contributed by atoms with Gasteiger partial charge in [0.2, 0.25) is 5.95 Å². The van der Waals surface area contributed by atoms with Crippen LogP contribution in [0, 0.1) is 0 Å². The first kappa shape index (κ1) is 16.7. The highest BCUT2D eigenvalue weighted by molar-refractivity contribution is 5.93. The molecule has 2 aromatic rings. The van der Waals surface area contributed by atoms with Gasteiger partial charge in [-0.1, -0.05) is 0 Å². The minimum atomic E-state index is -0.227. The van der Waals surface area contributed by atoms with Crippen LogP contribution in [0.25, 0.3) is 0 Å². The second kappa shape index (κ2) is 8.70. The van der Waals surface area contributed by atoms with Gasteiger partial charge in [-0.25, -0.2) is 9.97 Å². The number of nitrogens with zero attached hydrogens (tertiary/aromatic N) is 2. The fourth-order valence-corrected chi connectivity index (χ4v) is 1.81. The van der Waals surface area contributed by atoms with Gasteiger partial charge in [-0.05, 0) is 31.2 Å². The molecule has 0 unspecified atom stereocenters. The molecule has 0 spiro atoms. The van der Waals surface area contributed by atoms with Gasteiger partial charge in [0.05, 0.1) is 18.8 Å². The summed E-state index contributed by atoms with van der Waals surface area (Å²) in [4.78, 5) is 20.1. The molecular weight excluding hydrogens is 296 g/mol. The fraction of sp³-hybridized carbons (Fsp3) is 0.312. The normalized spacial score (nSPS) is 10.2. The Morgan fingerprint density at radius 1 is 1.17 bits per heavy atom. The smallest absolute Gasteiger partial charge is 0.254 e. The lowest BCUT2D eigenvalue weighted by atomic mass is 10.3. The largest absolute Gasteiger partial charge is 0.494 e. The number of carbonyl (C=O) groups is 1. The van der Waals surface area contributed by atoms with Crippen molar-refractivity contribution in [1.29, 1.82) is 0 Å². The van der Waals surface area contributed by atoms with E-state index in [9.17, 15) is 4.79 Å². The number of rotatable bonds is 8. The summed E-state index contributed by atoms with van der Waals surface area (Å²) in [6, 6.07) is 7.48. The predicted molar refractivity (Wildman–Crippen MR) is 87.1 cm³/mol. The molecule has 0 atom stereocenters. The Morgan fingerprint density at radius 2 is 1.87 bits per heavy atom. The number of methoxy groups -OCH3 is 1. The van der Waals surface area contributed by atoms with E-state index in [1.54, 1.807) is 7.11 Å². The first-order valence-electron chi connectivity index (χ1n) is 7.32. The van der Waals surface area contributed by atoms with Gasteiger partial charge in [0.15, 0.2) is 0 Å². The van der Waals surface area contributed by atoms with Gasteiger partial charge in [-0.2, -0.15) is 0 Å². The lowest BCUT2D eigenvalue weighted by Crippen LogP contribution is -2.27. The van der Waals surface area contributed by atoms with Crippen molar-refractivity contribution in [2.75, 3.05) is 32.2 Å². The minimum Gasteiger partial charge on any atom is -0.494 e. The number of hydrogen-bond donors (Lipinski definition) is 2. The zero-order valence-electron chi connectivity index (χ0n) is 13.2. The molecule has 1 aromatic carbocycles. The van der Waals surface area contributed by atoms with Crippen molar-refractivity contribution in [2.45, 2.75) is 6.92 Å². The Morgan fingerprint density at radius 3 is 2.48 bits per heavy atom. The van der Waals surface area contributed by atoms with Crippen LogP contribution in [0.2, 0.25) is 0 Å². The van der Waals surface area contributed by atoms with Crippen LogP contribution in [0.5, 0.6) is 5.75 Å². The zero-order valence-corrected chi connectivity index (χ0v) is 13.2. The van der Waals surface area contributed by atoms with Crippen LogP contribution in [-0.4, -0.2) is 42.7 Å². The molecular formula is C16H20N4O3. The third-order valence-corrected chi connectivity index (χ3v) is 2.93. The summed E-state index contributed by atoms with van der Waals surface area (Å²) in [6.45, 7) is 3.47. The highest BCUT2D eigenvalue weighted by Crippen LogP contribution is 2.18. The van der Waals surface area contributed by atoms with Crippen molar-refractivity contribution < 1.29 is 14.3 Å². The van der Waals surface area contributed by atoms with Crippen LogP contribution in [-0.2, 0) is 4.74 Å². The Hall–Kier alpha value is -2.67. The van der Waals surface area contributed by atoms with Gasteiger partial charge >= 0.3 is 0 Å². The number of benzene rings is 1. The molecule has 2 rings (SSSR count). The SMILES string of the molecule is CCOc1ccc(Nc2ncc(C(=O)NCCOC)cn2)cc1. The third kappa shape index (κ3) is 5.23. The molecule has 122 valence electrons. The molecule has 0 aliphatic heterocycles. The summed E-state index contributed by atoms with van der Waals surface area (Å²) in [6.07, 6.45) is 2.96. The van der Waals surface area contributed by atoms with E-state index in [-0.39, 0.29) is 5.91 Å². The molecule has 1 aromatic heterocycles. The maximum atomic E-state index is 11.8. The van der Waals surface area contributed by atoms with E-state index in [0.29, 0.717) is 31.3 Å². The summed E-state index contributed by atoms with van der Waals surface area (Å²) in [7, 11) is 1.58. The van der Waals surface area contributed by atoms with E-state index >= 15 is 0 Å². The molecule has 7 heteroatoms. The molecule has 7 nitrogen and oxygen atoms in total. The number of hydrogen-bond acceptors (Lipinski definition) is 6. The van der Waals surface area contributed by atoms with Crippen molar-refractivity contribution >= 4 is 17.5 Å². The number of anilines is 2. The van der Waals surface area contributed by atoms with E-state index in [1.807, 2.05) is 31.2 Å². The van der Waals surface area contributed by atoms with E-state index in [4.69, 9.17) is 9.47 Å². The van der Waals surface area contributed by atoms with Crippen LogP contribution in [0.4, 0.5) is 11.6 Å². The summed E-state index contributed by atoms with van der Waals surface area (Å²) < 4.78 is 10.3. The molecule has 0 saturated carbocycles. The maximum absolute atomic E-state index is 11.8. The summed E-state index contributed by atoms with van der Waals surface area (Å²) in [5.41, 5.74) is 1.24. The molecule has 1 heterocycles. The van der Waals surface area contributed by atoms with Crippen LogP contribution in [0.1, 0.15) is 17.3 Å². The van der Waals surface area contributed by atoms with Gasteiger partial charge in [0.25, 0.3) is 5.91 Å². The first-order chi connectivity index (χ1) is 11.2. The van der Waals surface area contributed by atoms with Crippen LogP contribution in [0.3, 0.4) is 0 Å². The summed E-state index contributed by atoms with van der Waals surface area (Å²) in [5, 5.41) is 5.77. The molecule has 0 radical (unpaired) electrons. The average Bonchev–Trinajstić information content (AvgIpc) is 2.58. The summed E-state index contributed by atoms with van der Waals surface area (Å²) in [5.74, 6) is 0.999. The van der Waals surface area contributed by atoms with Gasteiger partial charge in [0.1, 0.15) is 5.75 Å². The lowest BCUT2D eigenvalue weighted by molar-refractivity contribution is 0.0936. The standard InChI is InChI=1S/C16H20N4O3/c1-3-23-14-6-4-13(5-7-14)20-16-18-10-12(11-19-16)15(21)17-8-9-22-2/h4-7,10-11H,3,8-9H2,1-2H3,(H,17,21)(H,18,19,20). The fourth-order valence-electron chi connectivity index (χ4n) is 1.81. The van der Waals surface area contributed by atoms with Gasteiger partial charge in [0, 0.05) is 31.7 Å². The molecule has 0 bridgehead atoms. The van der Waals surface area contributed by atoms with Crippen molar-refractivity contribution in [3.05, 3.63) is 42.2 Å². The third-order valence-electron chi connectivity index (χ3n) is 2.93. The molecule has 0 fully saturated rings. The van der Waals surface area contributed by atoms with Crippen molar-refractivity contribution in [1.82, 2.24) is 15.3 Å². The second-order valence-electron chi connectivity index (χ2n) is 4.63. The van der Waals surface area contributed by atoms with E-state index < -0.39 is 0 Å². The van der Waals surface area contributed by atoms with Crippen LogP contribution in [0.15, 0.2) is 36.7 Å². The summed E-state index contributed by atoms with van der Waals surface area (Å²) >= 11 is 0. The number of ether oxygens (including phenoxy) is 2. The number of nitrogens with one attached hydrogen (secondary N) is 2. The zero-order chi connectivity index (χ0) is 16.5. The lowest BCUT2D eigenvalue weighted by Gasteiger charge is -2.07. The molecule has 23 heavy (non-hydrogen) atoms. The van der Waals surface area contributed by atoms with Gasteiger partial charge in [-0.3, -0.25) is 4.79 Å². The van der Waals surface area contributed by atoms with E-state index in [0.717, 1.165) is 11.4 Å². The minimum absolute atomic E-state index is 0.227. The van der Waals surface area contributed by atoms with Crippen molar-refractivity contribution in [3.8, 4) is 5.75 Å². The Balaban J connectivity index is 1.92. The predicted octanol–water partition coefficient (Wildman–Crippen LogP) is 2.00. The number of amides is 1. The monoisotopic (exact) mass is 316 g/mol. The van der Waals surface area contributed by atoms with Crippen molar-refractivity contribution in [2.24, 2.45) is 0 Å². The highest BCUT2D eigenvalue weighted by atomic mass is 16.5. The molecule has 0 saturated heterocycles. The Bertz CT molecular complexity index is 614. The number of carbonyl (C=O) groups excluding carboxylic acids is 1. The van der Waals surface area contributed by atoms with Crippen LogP contribution < -0.4 is 15.4 Å². The topological polar surface area (TPSA) is 85.4 Å². The Labute approximate surface area is 135 Å². The molecule has 0 aliphatic rings. The van der Waals surface area contributed by atoms with E-state index in [1.165, 1.54) is 12.4 Å². The molecule has 1 amide bonds.